The Hall–Kier alpha value is -4.83. The molecule has 0 aromatic heterocycles. The molecule has 4 rings (SSSR count). The second kappa shape index (κ2) is 19.5. The highest BCUT2D eigenvalue weighted by Crippen LogP contribution is 2.39. The van der Waals surface area contributed by atoms with Gasteiger partial charge in [0.1, 0.15) is 11.6 Å². The summed E-state index contributed by atoms with van der Waals surface area (Å²) in [5, 5.41) is 5.99. The van der Waals surface area contributed by atoms with E-state index < -0.39 is 17.7 Å². The van der Waals surface area contributed by atoms with Gasteiger partial charge in [0, 0.05) is 40.6 Å². The Bertz CT molecular complexity index is 2140. The van der Waals surface area contributed by atoms with Crippen LogP contribution in [0.2, 0.25) is 15.1 Å². The largest absolute Gasteiger partial charge is 0.483 e. The molecule has 0 atom stereocenters. The number of nitrogens with zero attached hydrogens (tertiary/aromatic N) is 2. The summed E-state index contributed by atoms with van der Waals surface area (Å²) in [4.78, 5) is 46.7. The quantitative estimate of drug-likeness (QED) is 0.0586. The van der Waals surface area contributed by atoms with Gasteiger partial charge >= 0.3 is 0 Å². The first-order valence-electron chi connectivity index (χ1n) is 19.0. The number of ether oxygens (including phenoxy) is 1. The van der Waals surface area contributed by atoms with Crippen LogP contribution in [0.5, 0.6) is 5.75 Å². The third-order valence-corrected chi connectivity index (χ3v) is 11.1. The van der Waals surface area contributed by atoms with Crippen LogP contribution in [-0.2, 0) is 20.4 Å². The molecule has 0 heterocycles. The highest BCUT2D eigenvalue weighted by molar-refractivity contribution is 6.43. The summed E-state index contributed by atoms with van der Waals surface area (Å²) in [6, 6.07) is 22.9. The van der Waals surface area contributed by atoms with Gasteiger partial charge in [-0.15, -0.1) is 0 Å². The molecule has 0 bridgehead atoms. The highest BCUT2D eigenvalue weighted by Gasteiger charge is 2.27. The number of amides is 3. The van der Waals surface area contributed by atoms with Gasteiger partial charge < -0.3 is 26.0 Å². The number of hydrogen-bond acceptors (Lipinski definition) is 5. The molecule has 57 heavy (non-hydrogen) atoms. The summed E-state index contributed by atoms with van der Waals surface area (Å²) in [6.45, 7) is 18.6. The second-order valence-electron chi connectivity index (χ2n) is 14.9. The van der Waals surface area contributed by atoms with Gasteiger partial charge in [0.15, 0.2) is 6.61 Å². The average molecular weight is 833 g/mol. The van der Waals surface area contributed by atoms with Crippen molar-refractivity contribution in [2.24, 2.45) is 10.7 Å². The SMILES string of the molecule is CCN(CC)c1ccc(/C=C(\C(=O)Nc2c(Cl)cc(Cl)cc2Cl)C(N)=NC(=O)c2cccc(NC(=O)COc3ccc(C(C)(C)CC)cc3C(C)(C)CC)c2)cc1. The molecule has 12 heteroatoms. The normalized spacial score (nSPS) is 12.3. The summed E-state index contributed by atoms with van der Waals surface area (Å²) in [5.74, 6) is -1.56. The number of carbonyl (C=O) groups excluding carboxylic acids is 3. The number of halogens is 3. The lowest BCUT2D eigenvalue weighted by atomic mass is 9.76. The summed E-state index contributed by atoms with van der Waals surface area (Å²) in [7, 11) is 0. The maximum Gasteiger partial charge on any atom is 0.279 e. The maximum atomic E-state index is 13.8. The Kier molecular flexibility index (Phi) is 15.4. The van der Waals surface area contributed by atoms with Crippen molar-refractivity contribution in [1.82, 2.24) is 0 Å². The van der Waals surface area contributed by atoms with Crippen LogP contribution in [0.1, 0.15) is 95.3 Å². The lowest BCUT2D eigenvalue weighted by Crippen LogP contribution is -2.27. The van der Waals surface area contributed by atoms with Gasteiger partial charge in [0.2, 0.25) is 0 Å². The zero-order valence-electron chi connectivity index (χ0n) is 33.9. The van der Waals surface area contributed by atoms with Crippen LogP contribution in [0, 0.1) is 0 Å². The topological polar surface area (TPSA) is 126 Å². The summed E-state index contributed by atoms with van der Waals surface area (Å²) in [5.41, 5.74) is 10.6. The monoisotopic (exact) mass is 831 g/mol. The molecule has 302 valence electrons. The molecule has 0 aliphatic rings. The minimum atomic E-state index is -0.737. The number of anilines is 3. The third kappa shape index (κ3) is 11.6. The Labute approximate surface area is 351 Å². The number of aliphatic imine (C=N–C) groups is 1. The van der Waals surface area contributed by atoms with Crippen LogP contribution in [0.4, 0.5) is 17.1 Å². The smallest absolute Gasteiger partial charge is 0.279 e. The van der Waals surface area contributed by atoms with E-state index in [1.54, 1.807) is 12.1 Å². The van der Waals surface area contributed by atoms with Crippen LogP contribution < -0.4 is 26.0 Å². The number of carbonyl (C=O) groups is 3. The van der Waals surface area contributed by atoms with Gasteiger partial charge in [-0.3, -0.25) is 14.4 Å². The average Bonchev–Trinajstić information content (AvgIpc) is 3.18. The van der Waals surface area contributed by atoms with Crippen LogP contribution in [0.25, 0.3) is 6.08 Å². The predicted octanol–water partition coefficient (Wildman–Crippen LogP) is 11.1. The Morgan fingerprint density at radius 1 is 0.807 bits per heavy atom. The summed E-state index contributed by atoms with van der Waals surface area (Å²) in [6.07, 6.45) is 3.39. The van der Waals surface area contributed by atoms with E-state index in [1.807, 2.05) is 30.3 Å². The van der Waals surface area contributed by atoms with Gasteiger partial charge in [-0.25, -0.2) is 0 Å². The lowest BCUT2D eigenvalue weighted by Gasteiger charge is -2.30. The molecule has 0 radical (unpaired) electrons. The predicted molar refractivity (Wildman–Crippen MR) is 238 cm³/mol. The van der Waals surface area contributed by atoms with Crippen molar-refractivity contribution in [3.05, 3.63) is 122 Å². The molecule has 4 aromatic rings. The van der Waals surface area contributed by atoms with Crippen molar-refractivity contribution in [3.8, 4) is 5.75 Å². The molecule has 9 nitrogen and oxygen atoms in total. The first-order valence-corrected chi connectivity index (χ1v) is 20.1. The first-order chi connectivity index (χ1) is 26.9. The van der Waals surface area contributed by atoms with E-state index in [0.29, 0.717) is 17.0 Å². The van der Waals surface area contributed by atoms with E-state index >= 15 is 0 Å². The van der Waals surface area contributed by atoms with E-state index in [-0.39, 0.29) is 55.2 Å². The van der Waals surface area contributed by atoms with Crippen molar-refractivity contribution >= 4 is 81.5 Å². The number of benzene rings is 4. The zero-order chi connectivity index (χ0) is 42.1. The number of nitrogens with one attached hydrogen (secondary N) is 2. The molecule has 0 saturated heterocycles. The van der Waals surface area contributed by atoms with E-state index in [0.717, 1.165) is 37.2 Å². The third-order valence-electron chi connectivity index (χ3n) is 10.3. The molecule has 0 spiro atoms. The molecule has 0 aliphatic heterocycles. The van der Waals surface area contributed by atoms with Gasteiger partial charge in [0.25, 0.3) is 17.7 Å². The van der Waals surface area contributed by atoms with Crippen LogP contribution in [0.15, 0.2) is 89.4 Å². The zero-order valence-corrected chi connectivity index (χ0v) is 36.1. The van der Waals surface area contributed by atoms with E-state index in [1.165, 1.54) is 35.9 Å². The molecular formula is C45H52Cl3N5O4. The molecule has 0 unspecified atom stereocenters. The van der Waals surface area contributed by atoms with Crippen molar-refractivity contribution in [3.63, 3.8) is 0 Å². The molecule has 4 N–H and O–H groups in total. The lowest BCUT2D eigenvalue weighted by molar-refractivity contribution is -0.118. The van der Waals surface area contributed by atoms with Crippen molar-refractivity contribution < 1.29 is 19.1 Å². The minimum Gasteiger partial charge on any atom is -0.483 e. The highest BCUT2D eigenvalue weighted by atomic mass is 35.5. The molecule has 3 amide bonds. The van der Waals surface area contributed by atoms with E-state index in [9.17, 15) is 14.4 Å². The fraction of sp³-hybridized carbons (Fsp3) is 0.333. The first kappa shape index (κ1) is 44.9. The Morgan fingerprint density at radius 3 is 2.04 bits per heavy atom. The van der Waals surface area contributed by atoms with Gasteiger partial charge in [-0.05, 0) is 103 Å². The van der Waals surface area contributed by atoms with Gasteiger partial charge in [-0.1, -0.05) is 107 Å². The summed E-state index contributed by atoms with van der Waals surface area (Å²) >= 11 is 18.8. The van der Waals surface area contributed by atoms with Crippen molar-refractivity contribution in [2.75, 3.05) is 35.2 Å². The van der Waals surface area contributed by atoms with Crippen molar-refractivity contribution in [1.29, 1.82) is 0 Å². The summed E-state index contributed by atoms with van der Waals surface area (Å²) < 4.78 is 6.09. The molecule has 0 fully saturated rings. The Morgan fingerprint density at radius 2 is 1.44 bits per heavy atom. The molecule has 0 aliphatic carbocycles. The number of hydrogen-bond donors (Lipinski definition) is 3. The maximum absolute atomic E-state index is 13.8. The van der Waals surface area contributed by atoms with Gasteiger partial charge in [0.05, 0.1) is 21.3 Å². The van der Waals surface area contributed by atoms with Gasteiger partial charge in [-0.2, -0.15) is 4.99 Å². The standard InChI is InChI=1S/C45H52Cl3N5O4/c1-9-44(5,6)30-18-21-38(35(24-30)45(7,8)10-2)57-27-39(54)50-32-15-13-14-29(23-32)42(55)52-41(49)34(22-28-16-19-33(20-17-28)53(11-3)12-4)43(56)51-40-36(47)25-31(46)26-37(40)48/h13-26H,9-12,27H2,1-8H3,(H,50,54)(H,51,56)(H2,49,52,55)/b34-22-. The van der Waals surface area contributed by atoms with Crippen molar-refractivity contribution in [2.45, 2.75) is 79.1 Å². The number of amidine groups is 1. The van der Waals surface area contributed by atoms with Crippen LogP contribution in [0.3, 0.4) is 0 Å². The fourth-order valence-electron chi connectivity index (χ4n) is 5.94. The molecule has 4 aromatic carbocycles. The van der Waals surface area contributed by atoms with Crippen LogP contribution >= 0.6 is 34.8 Å². The minimum absolute atomic E-state index is 0.00652. The second-order valence-corrected chi connectivity index (χ2v) is 16.2. The number of nitrogens with two attached hydrogens (primary N) is 1. The van der Waals surface area contributed by atoms with E-state index in [2.05, 4.69) is 88.0 Å². The Balaban J connectivity index is 1.57. The van der Waals surface area contributed by atoms with E-state index in [4.69, 9.17) is 45.3 Å². The van der Waals surface area contributed by atoms with Crippen LogP contribution in [-0.4, -0.2) is 43.3 Å². The molecule has 0 saturated carbocycles. The number of rotatable bonds is 16. The molecular weight excluding hydrogens is 781 g/mol. The fourth-order valence-corrected chi connectivity index (χ4v) is 6.85.